The van der Waals surface area contributed by atoms with Crippen LogP contribution in [0.1, 0.15) is 11.8 Å². The molecule has 0 aromatic carbocycles. The highest BCUT2D eigenvalue weighted by Crippen LogP contribution is 2.19. The van der Waals surface area contributed by atoms with Gasteiger partial charge in [0.1, 0.15) is 0 Å². The van der Waals surface area contributed by atoms with Crippen LogP contribution in [0.15, 0.2) is 6.20 Å². The van der Waals surface area contributed by atoms with Crippen molar-refractivity contribution >= 4 is 16.5 Å². The van der Waals surface area contributed by atoms with Crippen LogP contribution in [0.25, 0.3) is 0 Å². The van der Waals surface area contributed by atoms with Gasteiger partial charge in [0.15, 0.2) is 5.13 Å². The summed E-state index contributed by atoms with van der Waals surface area (Å²) in [7, 11) is 1.69. The average molecular weight is 259 g/mol. The summed E-state index contributed by atoms with van der Waals surface area (Å²) < 4.78 is 5.05. The van der Waals surface area contributed by atoms with Crippen LogP contribution in [0.3, 0.4) is 0 Å². The lowest BCUT2D eigenvalue weighted by Crippen LogP contribution is -2.29. The zero-order valence-corrected chi connectivity index (χ0v) is 11.3. The molecule has 0 radical (unpaired) electrons. The van der Waals surface area contributed by atoms with Crippen molar-refractivity contribution in [3.8, 4) is 0 Å². The molecule has 5 nitrogen and oxygen atoms in total. The predicted molar refractivity (Wildman–Crippen MR) is 70.5 cm³/mol. The first kappa shape index (κ1) is 14.4. The lowest BCUT2D eigenvalue weighted by molar-refractivity contribution is 0.127. The smallest absolute Gasteiger partial charge is 0.182 e. The molecule has 2 N–H and O–H groups in total. The normalized spacial score (nSPS) is 11.1. The van der Waals surface area contributed by atoms with Crippen molar-refractivity contribution in [1.82, 2.24) is 9.88 Å². The van der Waals surface area contributed by atoms with Gasteiger partial charge in [0, 0.05) is 44.4 Å². The Morgan fingerprint density at radius 1 is 1.53 bits per heavy atom. The van der Waals surface area contributed by atoms with Gasteiger partial charge in [0.25, 0.3) is 0 Å². The SMILES string of the molecule is CCNc1ncc(CN(CCO)CCOC)s1. The van der Waals surface area contributed by atoms with E-state index in [9.17, 15) is 0 Å². The van der Waals surface area contributed by atoms with Crippen LogP contribution in [0.4, 0.5) is 5.13 Å². The molecule has 0 saturated carbocycles. The minimum Gasteiger partial charge on any atom is -0.395 e. The molecule has 17 heavy (non-hydrogen) atoms. The zero-order chi connectivity index (χ0) is 12.5. The van der Waals surface area contributed by atoms with Gasteiger partial charge in [0.2, 0.25) is 0 Å². The third kappa shape index (κ3) is 5.45. The van der Waals surface area contributed by atoms with Crippen LogP contribution in [0, 0.1) is 0 Å². The number of nitrogens with zero attached hydrogens (tertiary/aromatic N) is 2. The quantitative estimate of drug-likeness (QED) is 0.693. The summed E-state index contributed by atoms with van der Waals surface area (Å²) in [6.45, 7) is 6.09. The van der Waals surface area contributed by atoms with Crippen molar-refractivity contribution in [2.75, 3.05) is 45.3 Å². The van der Waals surface area contributed by atoms with Crippen molar-refractivity contribution in [2.24, 2.45) is 0 Å². The van der Waals surface area contributed by atoms with E-state index in [2.05, 4.69) is 22.1 Å². The van der Waals surface area contributed by atoms with Gasteiger partial charge >= 0.3 is 0 Å². The van der Waals surface area contributed by atoms with Gasteiger partial charge in [0.05, 0.1) is 13.2 Å². The van der Waals surface area contributed by atoms with Crippen LogP contribution < -0.4 is 5.32 Å². The summed E-state index contributed by atoms with van der Waals surface area (Å²) in [4.78, 5) is 7.65. The van der Waals surface area contributed by atoms with Gasteiger partial charge in [-0.05, 0) is 6.92 Å². The number of anilines is 1. The van der Waals surface area contributed by atoms with Crippen molar-refractivity contribution in [3.05, 3.63) is 11.1 Å². The summed E-state index contributed by atoms with van der Waals surface area (Å²) in [6.07, 6.45) is 1.89. The van der Waals surface area contributed by atoms with Gasteiger partial charge in [-0.15, -0.1) is 11.3 Å². The van der Waals surface area contributed by atoms with E-state index in [1.54, 1.807) is 18.4 Å². The fourth-order valence-corrected chi connectivity index (χ4v) is 2.39. The lowest BCUT2D eigenvalue weighted by atomic mass is 10.4. The number of aliphatic hydroxyl groups is 1. The molecule has 0 aliphatic rings. The van der Waals surface area contributed by atoms with Gasteiger partial charge in [-0.2, -0.15) is 0 Å². The highest BCUT2D eigenvalue weighted by Gasteiger charge is 2.08. The van der Waals surface area contributed by atoms with E-state index in [-0.39, 0.29) is 6.61 Å². The zero-order valence-electron chi connectivity index (χ0n) is 10.5. The second-order valence-electron chi connectivity index (χ2n) is 3.65. The summed E-state index contributed by atoms with van der Waals surface area (Å²) >= 11 is 1.66. The maximum absolute atomic E-state index is 9.00. The third-order valence-corrected chi connectivity index (χ3v) is 3.23. The van der Waals surface area contributed by atoms with E-state index in [0.717, 1.165) is 24.8 Å². The molecule has 0 atom stereocenters. The monoisotopic (exact) mass is 259 g/mol. The Morgan fingerprint density at radius 3 is 3.00 bits per heavy atom. The van der Waals surface area contributed by atoms with E-state index in [1.807, 2.05) is 6.20 Å². The standard InChI is InChI=1S/C11H21N3O2S/c1-3-12-11-13-8-10(17-11)9-14(4-6-15)5-7-16-2/h8,15H,3-7,9H2,1-2H3,(H,12,13). The fourth-order valence-electron chi connectivity index (χ4n) is 1.47. The number of aromatic nitrogens is 1. The highest BCUT2D eigenvalue weighted by atomic mass is 32.1. The average Bonchev–Trinajstić information content (AvgIpc) is 2.74. The van der Waals surface area contributed by atoms with Crippen LogP contribution in [0.5, 0.6) is 0 Å². The largest absolute Gasteiger partial charge is 0.395 e. The number of thiazole rings is 1. The molecule has 1 heterocycles. The summed E-state index contributed by atoms with van der Waals surface area (Å²) in [5, 5.41) is 13.1. The Hall–Kier alpha value is -0.690. The second-order valence-corrected chi connectivity index (χ2v) is 4.77. The predicted octanol–water partition coefficient (Wildman–Crippen LogP) is 1.02. The minimum absolute atomic E-state index is 0.169. The molecule has 0 aliphatic carbocycles. The number of hydrogen-bond acceptors (Lipinski definition) is 6. The topological polar surface area (TPSA) is 57.6 Å². The Kier molecular flexibility index (Phi) is 7.11. The molecular formula is C11H21N3O2S. The highest BCUT2D eigenvalue weighted by molar-refractivity contribution is 7.15. The number of hydrogen-bond donors (Lipinski definition) is 2. The molecule has 0 aliphatic heterocycles. The first-order chi connectivity index (χ1) is 8.30. The van der Waals surface area contributed by atoms with Crippen molar-refractivity contribution < 1.29 is 9.84 Å². The number of ether oxygens (including phenoxy) is 1. The van der Waals surface area contributed by atoms with Crippen molar-refractivity contribution in [3.63, 3.8) is 0 Å². The van der Waals surface area contributed by atoms with E-state index in [0.29, 0.717) is 13.2 Å². The van der Waals surface area contributed by atoms with Crippen LogP contribution in [-0.4, -0.2) is 54.9 Å². The van der Waals surface area contributed by atoms with Crippen LogP contribution in [0.2, 0.25) is 0 Å². The molecule has 0 fully saturated rings. The molecule has 1 aromatic heterocycles. The van der Waals surface area contributed by atoms with Gasteiger partial charge in [-0.25, -0.2) is 4.98 Å². The first-order valence-electron chi connectivity index (χ1n) is 5.80. The van der Waals surface area contributed by atoms with Crippen LogP contribution in [-0.2, 0) is 11.3 Å². The number of rotatable bonds is 9. The molecule has 0 saturated heterocycles. The number of aliphatic hydroxyl groups excluding tert-OH is 1. The van der Waals surface area contributed by atoms with Gasteiger partial charge < -0.3 is 15.2 Å². The van der Waals surface area contributed by atoms with E-state index in [4.69, 9.17) is 9.84 Å². The molecule has 0 spiro atoms. The summed E-state index contributed by atoms with van der Waals surface area (Å²) in [6, 6.07) is 0. The summed E-state index contributed by atoms with van der Waals surface area (Å²) in [5.74, 6) is 0. The number of methoxy groups -OCH3 is 1. The van der Waals surface area contributed by atoms with Crippen molar-refractivity contribution in [1.29, 1.82) is 0 Å². The number of nitrogens with one attached hydrogen (secondary N) is 1. The summed E-state index contributed by atoms with van der Waals surface area (Å²) in [5.41, 5.74) is 0. The van der Waals surface area contributed by atoms with Gasteiger partial charge in [-0.3, -0.25) is 4.90 Å². The molecule has 1 rings (SSSR count). The van der Waals surface area contributed by atoms with Crippen molar-refractivity contribution in [2.45, 2.75) is 13.5 Å². The minimum atomic E-state index is 0.169. The maximum Gasteiger partial charge on any atom is 0.182 e. The molecule has 0 amide bonds. The van der Waals surface area contributed by atoms with Gasteiger partial charge in [-0.1, -0.05) is 0 Å². The molecule has 1 aromatic rings. The Balaban J connectivity index is 2.46. The molecule has 98 valence electrons. The fraction of sp³-hybridized carbons (Fsp3) is 0.727. The Labute approximate surface area is 106 Å². The third-order valence-electron chi connectivity index (χ3n) is 2.29. The van der Waals surface area contributed by atoms with E-state index in [1.165, 1.54) is 4.88 Å². The molecule has 0 unspecified atom stereocenters. The Morgan fingerprint density at radius 2 is 2.35 bits per heavy atom. The van der Waals surface area contributed by atoms with Crippen LogP contribution >= 0.6 is 11.3 Å². The van der Waals surface area contributed by atoms with E-state index < -0.39 is 0 Å². The molecule has 0 bridgehead atoms. The van der Waals surface area contributed by atoms with E-state index >= 15 is 0 Å². The first-order valence-corrected chi connectivity index (χ1v) is 6.62. The lowest BCUT2D eigenvalue weighted by Gasteiger charge is -2.19. The Bertz CT molecular complexity index is 307. The second kappa shape index (κ2) is 8.41. The molecule has 6 heteroatoms. The maximum atomic E-state index is 9.00. The molecular weight excluding hydrogens is 238 g/mol.